The molecule has 9 aromatic heterocycles. The number of nitrogen functional groups attached to an aromatic ring is 3. The van der Waals surface area contributed by atoms with Gasteiger partial charge in [-0.05, 0) is 163 Å². The Morgan fingerprint density at radius 3 is 1.05 bits per heavy atom. The Labute approximate surface area is 698 Å². The molecule has 5 amide bonds. The second-order valence-electron chi connectivity index (χ2n) is 23.3. The predicted molar refractivity (Wildman–Crippen MR) is 384 cm³/mol. The van der Waals surface area contributed by atoms with E-state index in [0.717, 1.165) is 50.5 Å². The van der Waals surface area contributed by atoms with Crippen molar-refractivity contribution in [2.45, 2.75) is 59.7 Å². The van der Waals surface area contributed by atoms with Gasteiger partial charge in [-0.25, -0.2) is 15.0 Å². The fraction of sp³-hybridized carbons (Fsp3) is 0.118. The Morgan fingerprint density at radius 1 is 0.449 bits per heavy atom. The molecule has 0 saturated heterocycles. The molecular formula is C76H63K2N21O8. The number of amides is 5. The minimum Gasteiger partial charge on any atom is -1.00 e. The van der Waals surface area contributed by atoms with Gasteiger partial charge in [-0.2, -0.15) is 21.0 Å². The van der Waals surface area contributed by atoms with Crippen LogP contribution in [0.3, 0.4) is 0 Å². The number of nitrogens with zero attached hydrogens (tertiary/aromatic N) is 13. The number of rotatable bonds is 18. The summed E-state index contributed by atoms with van der Waals surface area (Å²) in [5, 5.41) is 56.1. The van der Waals surface area contributed by atoms with Gasteiger partial charge in [0.25, 0.3) is 36.0 Å². The molecule has 0 aliphatic rings. The molecule has 0 radical (unpaired) electrons. The van der Waals surface area contributed by atoms with Gasteiger partial charge in [-0.3, -0.25) is 58.7 Å². The number of hydrogen-bond acceptors (Lipinski definition) is 24. The second kappa shape index (κ2) is 39.4. The van der Waals surface area contributed by atoms with Crippen LogP contribution in [0.4, 0.5) is 17.5 Å². The van der Waals surface area contributed by atoms with E-state index in [2.05, 4.69) is 77.8 Å². The largest absolute Gasteiger partial charge is 1.00 e. The van der Waals surface area contributed by atoms with E-state index in [9.17, 15) is 29.2 Å². The molecule has 0 unspecified atom stereocenters. The summed E-state index contributed by atoms with van der Waals surface area (Å²) in [6.45, 7) is 6.30. The third kappa shape index (κ3) is 22.6. The molecule has 0 bridgehead atoms. The van der Waals surface area contributed by atoms with Crippen molar-refractivity contribution in [2.75, 3.05) is 17.2 Å². The van der Waals surface area contributed by atoms with Gasteiger partial charge in [0.1, 0.15) is 41.7 Å². The Kier molecular flexibility index (Phi) is 30.3. The fourth-order valence-corrected chi connectivity index (χ4v) is 10.9. The number of aryl methyl sites for hydroxylation is 3. The Morgan fingerprint density at radius 2 is 0.757 bits per heavy atom. The standard InChI is InChI=1S/2C25H21N7O2.C25H19N7O.CH2O3.2K.H/c2*1-14-18(2-3-22(27)32-14)13-31-25(34)17-4-5-29-20(10-17)8-15-6-19-7-16(11-26)12-30-23(19)21(9-15)24(28)33;1-15-19(2-3-23(28)32-15)14-31-25(33)18-4-5-29-22(10-18)9-16-6-20-8-17(11-26)13-30-24(20)21(7-16)12-27;2-1-4-3;;;/h2*2-7,9-10,12H,8,13H2,1H3,(H2,27,32)(H2,28,33)(H,31,34);2-8,10,13H,9,14H2,1H3,(H2,28,32)(H,31,33);1,3H;;;/q;;;;2*+1;-1/p-1. The van der Waals surface area contributed by atoms with Crippen molar-refractivity contribution in [1.82, 2.24) is 60.8 Å². The quantitative estimate of drug-likeness (QED) is 0.0252. The van der Waals surface area contributed by atoms with E-state index in [0.29, 0.717) is 145 Å². The number of carbonyl (C=O) groups excluding carboxylic acids is 6. The maximum absolute atomic E-state index is 12.7. The van der Waals surface area contributed by atoms with Crippen LogP contribution < -0.4 is 153 Å². The average Bonchev–Trinajstić information content (AvgIpc) is 0.802. The van der Waals surface area contributed by atoms with Crippen LogP contribution in [0.15, 0.2) is 165 Å². The van der Waals surface area contributed by atoms with E-state index < -0.39 is 11.8 Å². The molecule has 13 N–H and O–H groups in total. The van der Waals surface area contributed by atoms with Crippen LogP contribution in [0.25, 0.3) is 32.7 Å². The monoisotopic (exact) mass is 1480 g/mol. The molecule has 0 aliphatic heterocycles. The molecule has 0 spiro atoms. The molecule has 522 valence electrons. The number of fused-ring (bicyclic) bond motifs is 3. The molecule has 3 aromatic carbocycles. The summed E-state index contributed by atoms with van der Waals surface area (Å²) in [7, 11) is 0. The van der Waals surface area contributed by atoms with Crippen LogP contribution in [0.2, 0.25) is 0 Å². The number of hydrogen-bond donors (Lipinski definition) is 8. The third-order valence-electron chi connectivity index (χ3n) is 16.0. The van der Waals surface area contributed by atoms with Gasteiger partial charge >= 0.3 is 103 Å². The molecule has 9 heterocycles. The zero-order valence-corrected chi connectivity index (χ0v) is 64.6. The van der Waals surface area contributed by atoms with E-state index in [1.807, 2.05) is 69.3 Å². The molecule has 0 atom stereocenters. The van der Waals surface area contributed by atoms with Gasteiger partial charge in [0.2, 0.25) is 0 Å². The van der Waals surface area contributed by atoms with Gasteiger partial charge in [0.15, 0.2) is 0 Å². The number of carbonyl (C=O) groups is 6. The van der Waals surface area contributed by atoms with E-state index in [1.54, 1.807) is 110 Å². The number of anilines is 3. The van der Waals surface area contributed by atoms with Crippen molar-refractivity contribution in [3.63, 3.8) is 0 Å². The van der Waals surface area contributed by atoms with Crippen molar-refractivity contribution >= 4 is 86.2 Å². The molecule has 29 nitrogen and oxygen atoms in total. The van der Waals surface area contributed by atoms with Gasteiger partial charge in [-0.15, -0.1) is 0 Å². The maximum atomic E-state index is 12.7. The van der Waals surface area contributed by atoms with Gasteiger partial charge in [-0.1, -0.05) is 18.2 Å². The Hall–Kier alpha value is -11.8. The fourth-order valence-electron chi connectivity index (χ4n) is 10.9. The summed E-state index contributed by atoms with van der Waals surface area (Å²) in [6, 6.07) is 44.6. The van der Waals surface area contributed by atoms with Crippen LogP contribution in [-0.2, 0) is 48.6 Å². The van der Waals surface area contributed by atoms with Crippen LogP contribution >= 0.6 is 0 Å². The molecule has 12 rings (SSSR count). The Bertz CT molecular complexity index is 5370. The van der Waals surface area contributed by atoms with Gasteiger partial charge in [0, 0.05) is 143 Å². The summed E-state index contributed by atoms with van der Waals surface area (Å²) in [5.74, 6) is -0.658. The zero-order chi connectivity index (χ0) is 75.3. The Balaban J connectivity index is 0.000000244. The van der Waals surface area contributed by atoms with E-state index in [-0.39, 0.29) is 140 Å². The first-order chi connectivity index (χ1) is 50.5. The van der Waals surface area contributed by atoms with Crippen molar-refractivity contribution in [2.24, 2.45) is 11.5 Å². The number of pyridine rings is 9. The van der Waals surface area contributed by atoms with Gasteiger partial charge in [0.05, 0.1) is 49.9 Å². The van der Waals surface area contributed by atoms with E-state index >= 15 is 0 Å². The number of nitrogens with two attached hydrogens (primary N) is 5. The normalized spacial score (nSPS) is 10.1. The van der Waals surface area contributed by atoms with Crippen LogP contribution in [0.1, 0.15) is 143 Å². The van der Waals surface area contributed by atoms with E-state index in [4.69, 9.17) is 54.5 Å². The SMILES string of the molecule is Cc1nc(N)ccc1CNC(=O)c1ccnc(Cc2cc(C#N)c3ncc(C#N)cc3c2)c1.Cc1nc(N)ccc1CNC(=O)c1ccnc(Cc2cc(C(N)=O)c3ncc(C#N)cc3c2)c1.Cc1nc(N)ccc1CNC(=O)c1ccnc(Cc2cc(C(N)=O)c3ncc(C#N)cc3c2)c1.O=CO[O-].[H-].[K+].[K+]. The smallest absolute Gasteiger partial charge is 1.00 e. The molecule has 0 aliphatic carbocycles. The number of aromatic nitrogens is 9. The zero-order valence-electron chi connectivity index (χ0n) is 59.4. The van der Waals surface area contributed by atoms with Crippen molar-refractivity contribution in [3.05, 3.63) is 282 Å². The average molecular weight is 1480 g/mol. The molecule has 0 saturated carbocycles. The predicted octanol–water partition coefficient (Wildman–Crippen LogP) is 0.548. The second-order valence-corrected chi connectivity index (χ2v) is 23.3. The summed E-state index contributed by atoms with van der Waals surface area (Å²) in [4.78, 5) is 112. The minimum atomic E-state index is -0.613. The molecule has 12 aromatic rings. The summed E-state index contributed by atoms with van der Waals surface area (Å²) in [6.07, 6.45) is 10.1. The molecular weight excluding hydrogens is 1410 g/mol. The minimum absolute atomic E-state index is 0. The molecule has 31 heteroatoms. The van der Waals surface area contributed by atoms with Crippen molar-refractivity contribution < 1.29 is 143 Å². The van der Waals surface area contributed by atoms with Crippen LogP contribution in [0.5, 0.6) is 0 Å². The molecule has 107 heavy (non-hydrogen) atoms. The topological polar surface area (TPSA) is 512 Å². The number of nitrogens with one attached hydrogen (secondary N) is 3. The van der Waals surface area contributed by atoms with Crippen molar-refractivity contribution in [3.8, 4) is 24.3 Å². The number of benzene rings is 3. The molecule has 0 fully saturated rings. The summed E-state index contributed by atoms with van der Waals surface area (Å²) in [5.41, 5.74) is 42.3. The summed E-state index contributed by atoms with van der Waals surface area (Å²) >= 11 is 0. The van der Waals surface area contributed by atoms with Crippen LogP contribution in [0, 0.1) is 66.1 Å². The first-order valence-electron chi connectivity index (χ1n) is 31.6. The summed E-state index contributed by atoms with van der Waals surface area (Å²) < 4.78 is 0. The number of primary amides is 2. The maximum Gasteiger partial charge on any atom is 1.00 e. The first kappa shape index (κ1) is 82.5. The van der Waals surface area contributed by atoms with Crippen molar-refractivity contribution in [1.29, 1.82) is 21.0 Å². The van der Waals surface area contributed by atoms with Gasteiger partial charge < -0.3 is 56.2 Å². The van der Waals surface area contributed by atoms with Crippen LogP contribution in [-0.4, -0.2) is 80.9 Å². The van der Waals surface area contributed by atoms with E-state index in [1.165, 1.54) is 18.6 Å². The first-order valence-corrected chi connectivity index (χ1v) is 31.6. The third-order valence-corrected chi connectivity index (χ3v) is 16.0. The number of nitriles is 4.